The highest BCUT2D eigenvalue weighted by atomic mass is 32.2. The number of pyridine rings is 1. The van der Waals surface area contributed by atoms with Gasteiger partial charge in [0.2, 0.25) is 11.8 Å². The van der Waals surface area contributed by atoms with Gasteiger partial charge in [-0.15, -0.1) is 11.8 Å². The van der Waals surface area contributed by atoms with Crippen molar-refractivity contribution in [3.63, 3.8) is 0 Å². The molecule has 0 radical (unpaired) electrons. The summed E-state index contributed by atoms with van der Waals surface area (Å²) in [5.74, 6) is 0.971. The van der Waals surface area contributed by atoms with Crippen molar-refractivity contribution >= 4 is 23.6 Å². The summed E-state index contributed by atoms with van der Waals surface area (Å²) in [6.45, 7) is 0.110. The number of amides is 2. The minimum Gasteiger partial charge on any atom is -0.331 e. The molecule has 1 aliphatic rings. The van der Waals surface area contributed by atoms with Crippen molar-refractivity contribution in [2.45, 2.75) is 6.04 Å². The Morgan fingerprint density at radius 2 is 2.00 bits per heavy atom. The summed E-state index contributed by atoms with van der Waals surface area (Å²) < 4.78 is 0. The van der Waals surface area contributed by atoms with E-state index in [2.05, 4.69) is 4.98 Å². The van der Waals surface area contributed by atoms with E-state index in [1.165, 1.54) is 11.8 Å². The largest absolute Gasteiger partial charge is 0.331 e. The highest BCUT2D eigenvalue weighted by Crippen LogP contribution is 2.26. The van der Waals surface area contributed by atoms with Gasteiger partial charge in [0.15, 0.2) is 0 Å². The second-order valence-electron chi connectivity index (χ2n) is 5.64. The zero-order valence-electron chi connectivity index (χ0n) is 13.5. The normalized spacial score (nSPS) is 15.4. The van der Waals surface area contributed by atoms with E-state index in [9.17, 15) is 9.59 Å². The van der Waals surface area contributed by atoms with Crippen molar-refractivity contribution in [3.05, 3.63) is 66.0 Å². The van der Waals surface area contributed by atoms with Gasteiger partial charge in [-0.05, 0) is 17.7 Å². The number of thioether (sulfide) groups is 1. The Balaban J connectivity index is 1.85. The molecule has 0 aliphatic carbocycles. The summed E-state index contributed by atoms with van der Waals surface area (Å²) in [6, 6.07) is 15.2. The van der Waals surface area contributed by atoms with Crippen LogP contribution in [0.4, 0.5) is 0 Å². The second kappa shape index (κ2) is 7.49. The fraction of sp³-hybridized carbons (Fsp3) is 0.278. The highest BCUT2D eigenvalue weighted by molar-refractivity contribution is 8.00. The molecule has 2 aromatic rings. The summed E-state index contributed by atoms with van der Waals surface area (Å²) in [4.78, 5) is 32.2. The maximum absolute atomic E-state index is 12.7. The molecule has 24 heavy (non-hydrogen) atoms. The number of hydrogen-bond acceptors (Lipinski definition) is 4. The standard InChI is InChI=1S/C18H19N3O2S/c1-20(16(22)11-21-13-24-12-17(21)23)18(14-7-3-2-4-8-14)15-9-5-6-10-19-15/h2-10,18H,11-13H2,1H3. The Hall–Kier alpha value is -2.34. The molecule has 2 amide bonds. The van der Waals surface area contributed by atoms with Gasteiger partial charge in [0.05, 0.1) is 23.4 Å². The number of aromatic nitrogens is 1. The highest BCUT2D eigenvalue weighted by Gasteiger charge is 2.28. The number of carbonyl (C=O) groups is 2. The zero-order chi connectivity index (χ0) is 16.9. The molecule has 3 rings (SSSR count). The average molecular weight is 341 g/mol. The first-order valence-electron chi connectivity index (χ1n) is 7.74. The smallest absolute Gasteiger partial charge is 0.242 e. The van der Waals surface area contributed by atoms with Crippen LogP contribution >= 0.6 is 11.8 Å². The third-order valence-electron chi connectivity index (χ3n) is 4.02. The number of benzene rings is 1. The Morgan fingerprint density at radius 1 is 1.25 bits per heavy atom. The maximum Gasteiger partial charge on any atom is 0.242 e. The van der Waals surface area contributed by atoms with Crippen LogP contribution in [0.5, 0.6) is 0 Å². The van der Waals surface area contributed by atoms with Crippen LogP contribution in [0.25, 0.3) is 0 Å². The van der Waals surface area contributed by atoms with Gasteiger partial charge in [-0.3, -0.25) is 14.6 Å². The van der Waals surface area contributed by atoms with Crippen LogP contribution < -0.4 is 0 Å². The molecule has 1 aromatic heterocycles. The van der Waals surface area contributed by atoms with Crippen molar-refractivity contribution in [1.29, 1.82) is 0 Å². The van der Waals surface area contributed by atoms with E-state index in [1.807, 2.05) is 48.5 Å². The van der Waals surface area contributed by atoms with Crippen LogP contribution in [0.1, 0.15) is 17.3 Å². The third-order valence-corrected chi connectivity index (χ3v) is 4.96. The van der Waals surface area contributed by atoms with E-state index >= 15 is 0 Å². The summed E-state index contributed by atoms with van der Waals surface area (Å²) in [5, 5.41) is 0. The molecule has 0 bridgehead atoms. The van der Waals surface area contributed by atoms with Crippen molar-refractivity contribution in [1.82, 2.24) is 14.8 Å². The molecule has 0 spiro atoms. The number of rotatable bonds is 5. The van der Waals surface area contributed by atoms with E-state index in [0.717, 1.165) is 11.3 Å². The van der Waals surface area contributed by atoms with Gasteiger partial charge in [-0.1, -0.05) is 36.4 Å². The number of carbonyl (C=O) groups excluding carboxylic acids is 2. The minimum absolute atomic E-state index is 0.0239. The van der Waals surface area contributed by atoms with Gasteiger partial charge in [-0.2, -0.15) is 0 Å². The van der Waals surface area contributed by atoms with Crippen LogP contribution in [-0.2, 0) is 9.59 Å². The third kappa shape index (κ3) is 3.59. The molecule has 0 saturated carbocycles. The predicted octanol–water partition coefficient (Wildman–Crippen LogP) is 2.16. The SMILES string of the molecule is CN(C(=O)CN1CSCC1=O)C(c1ccccc1)c1ccccn1. The Kier molecular flexibility index (Phi) is 5.15. The van der Waals surface area contributed by atoms with Gasteiger partial charge in [0.25, 0.3) is 0 Å². The number of hydrogen-bond donors (Lipinski definition) is 0. The van der Waals surface area contributed by atoms with E-state index in [1.54, 1.807) is 23.0 Å². The molecule has 5 nitrogen and oxygen atoms in total. The summed E-state index contributed by atoms with van der Waals surface area (Å²) in [7, 11) is 1.77. The first-order valence-corrected chi connectivity index (χ1v) is 8.89. The fourth-order valence-corrected chi connectivity index (χ4v) is 3.63. The molecule has 6 heteroatoms. The lowest BCUT2D eigenvalue weighted by atomic mass is 10.0. The van der Waals surface area contributed by atoms with Crippen molar-refractivity contribution in [2.75, 3.05) is 25.2 Å². The summed E-state index contributed by atoms with van der Waals surface area (Å²) in [6.07, 6.45) is 1.73. The van der Waals surface area contributed by atoms with Gasteiger partial charge in [-0.25, -0.2) is 0 Å². The Morgan fingerprint density at radius 3 is 2.62 bits per heavy atom. The fourth-order valence-electron chi connectivity index (χ4n) is 2.72. The predicted molar refractivity (Wildman–Crippen MR) is 94.3 cm³/mol. The van der Waals surface area contributed by atoms with Crippen molar-refractivity contribution in [2.24, 2.45) is 0 Å². The van der Waals surface area contributed by atoms with Gasteiger partial charge in [0, 0.05) is 13.2 Å². The summed E-state index contributed by atoms with van der Waals surface area (Å²) >= 11 is 1.54. The molecule has 1 unspecified atom stereocenters. The van der Waals surface area contributed by atoms with Crippen LogP contribution in [0.3, 0.4) is 0 Å². The topological polar surface area (TPSA) is 53.5 Å². The lowest BCUT2D eigenvalue weighted by molar-refractivity contribution is -0.138. The molecule has 1 atom stereocenters. The van der Waals surface area contributed by atoms with Crippen LogP contribution in [-0.4, -0.2) is 51.8 Å². The summed E-state index contributed by atoms with van der Waals surface area (Å²) in [5.41, 5.74) is 1.80. The van der Waals surface area contributed by atoms with Crippen molar-refractivity contribution < 1.29 is 9.59 Å². The van der Waals surface area contributed by atoms with Gasteiger partial charge >= 0.3 is 0 Å². The first kappa shape index (κ1) is 16.5. The lowest BCUT2D eigenvalue weighted by Gasteiger charge is -2.29. The van der Waals surface area contributed by atoms with E-state index in [4.69, 9.17) is 0 Å². The molecule has 1 aromatic carbocycles. The van der Waals surface area contributed by atoms with Crippen LogP contribution in [0.15, 0.2) is 54.7 Å². The quantitative estimate of drug-likeness (QED) is 0.836. The lowest BCUT2D eigenvalue weighted by Crippen LogP contribution is -2.41. The average Bonchev–Trinajstić information content (AvgIpc) is 3.02. The van der Waals surface area contributed by atoms with E-state index < -0.39 is 0 Å². The molecule has 1 aliphatic heterocycles. The molecule has 0 N–H and O–H groups in total. The monoisotopic (exact) mass is 341 g/mol. The second-order valence-corrected chi connectivity index (χ2v) is 6.60. The number of likely N-dealkylation sites (N-methyl/N-ethyl adjacent to an activating group) is 1. The molecular weight excluding hydrogens is 322 g/mol. The molecule has 1 fully saturated rings. The molecule has 124 valence electrons. The number of nitrogens with zero attached hydrogens (tertiary/aromatic N) is 3. The van der Waals surface area contributed by atoms with Gasteiger partial charge in [0.1, 0.15) is 6.54 Å². The molecular formula is C18H19N3O2S. The van der Waals surface area contributed by atoms with Gasteiger partial charge < -0.3 is 9.80 Å². The van der Waals surface area contributed by atoms with E-state index in [0.29, 0.717) is 11.6 Å². The Bertz CT molecular complexity index is 669. The van der Waals surface area contributed by atoms with E-state index in [-0.39, 0.29) is 24.4 Å². The molecule has 2 heterocycles. The first-order chi connectivity index (χ1) is 11.7. The minimum atomic E-state index is -0.273. The Labute approximate surface area is 145 Å². The van der Waals surface area contributed by atoms with Crippen LogP contribution in [0, 0.1) is 0 Å². The zero-order valence-corrected chi connectivity index (χ0v) is 14.3. The molecule has 1 saturated heterocycles. The van der Waals surface area contributed by atoms with Crippen LogP contribution in [0.2, 0.25) is 0 Å². The van der Waals surface area contributed by atoms with Crippen molar-refractivity contribution in [3.8, 4) is 0 Å². The maximum atomic E-state index is 12.7.